The molecule has 2 aromatic carbocycles. The highest BCUT2D eigenvalue weighted by molar-refractivity contribution is 6.30. The maximum atomic E-state index is 15.0. The van der Waals surface area contributed by atoms with Gasteiger partial charge in [0.1, 0.15) is 28.4 Å². The van der Waals surface area contributed by atoms with Gasteiger partial charge in [-0.15, -0.1) is 0 Å². The molecular weight excluding hydrogens is 442 g/mol. The number of benzene rings is 2. The standard InChI is InChI=1S/C21H17ClF2N6O2/c1-9-17-18(20(25)27-10(2)26-17)30(29-9)16-8-13(23)15(7-14(16)24)28-21(32)19(31)11-4-3-5-12(22)6-11/h3-8,19,31H,1-2H3,(H,28,32)(H2,25,26,27)/t19-/m1/s1. The second-order valence-electron chi connectivity index (χ2n) is 7.08. The molecule has 0 aliphatic heterocycles. The highest BCUT2D eigenvalue weighted by Crippen LogP contribution is 2.29. The molecule has 32 heavy (non-hydrogen) atoms. The van der Waals surface area contributed by atoms with Crippen LogP contribution in [0.3, 0.4) is 0 Å². The molecule has 0 fully saturated rings. The quantitative estimate of drug-likeness (QED) is 0.430. The summed E-state index contributed by atoms with van der Waals surface area (Å²) in [6.07, 6.45) is -1.63. The van der Waals surface area contributed by atoms with Crippen molar-refractivity contribution in [2.24, 2.45) is 0 Å². The zero-order valence-corrected chi connectivity index (χ0v) is 17.7. The minimum atomic E-state index is -1.63. The Kier molecular flexibility index (Phi) is 5.49. The van der Waals surface area contributed by atoms with Gasteiger partial charge < -0.3 is 16.2 Å². The van der Waals surface area contributed by atoms with Crippen molar-refractivity contribution in [1.29, 1.82) is 0 Å². The Morgan fingerprint density at radius 1 is 1.19 bits per heavy atom. The Labute approximate surface area is 185 Å². The van der Waals surface area contributed by atoms with E-state index in [4.69, 9.17) is 17.3 Å². The molecule has 2 heterocycles. The highest BCUT2D eigenvalue weighted by atomic mass is 35.5. The van der Waals surface area contributed by atoms with Gasteiger partial charge in [0.2, 0.25) is 0 Å². The fourth-order valence-corrected chi connectivity index (χ4v) is 3.49. The summed E-state index contributed by atoms with van der Waals surface area (Å²) in [4.78, 5) is 20.7. The molecule has 2 aromatic heterocycles. The van der Waals surface area contributed by atoms with E-state index >= 15 is 0 Å². The Morgan fingerprint density at radius 2 is 1.94 bits per heavy atom. The van der Waals surface area contributed by atoms with E-state index in [1.165, 1.54) is 12.1 Å². The normalized spacial score (nSPS) is 12.2. The number of carbonyl (C=O) groups is 1. The molecule has 0 saturated carbocycles. The van der Waals surface area contributed by atoms with Crippen LogP contribution in [0.2, 0.25) is 5.02 Å². The number of aliphatic hydroxyl groups is 1. The molecule has 0 spiro atoms. The third kappa shape index (κ3) is 3.85. The molecule has 164 valence electrons. The predicted octanol–water partition coefficient (Wildman–Crippen LogP) is 3.62. The average Bonchev–Trinajstić information content (AvgIpc) is 3.06. The number of aryl methyl sites for hydroxylation is 2. The number of hydrogen-bond donors (Lipinski definition) is 3. The van der Waals surface area contributed by atoms with E-state index in [1.54, 1.807) is 26.0 Å². The first-order chi connectivity index (χ1) is 15.2. The van der Waals surface area contributed by atoms with E-state index in [0.29, 0.717) is 22.1 Å². The maximum Gasteiger partial charge on any atom is 0.257 e. The van der Waals surface area contributed by atoms with Gasteiger partial charge in [0.15, 0.2) is 17.7 Å². The number of carbonyl (C=O) groups excluding carboxylic acids is 1. The van der Waals surface area contributed by atoms with Crippen molar-refractivity contribution >= 4 is 40.0 Å². The summed E-state index contributed by atoms with van der Waals surface area (Å²) >= 11 is 5.86. The molecule has 4 N–H and O–H groups in total. The zero-order chi connectivity index (χ0) is 23.2. The average molecular weight is 459 g/mol. The van der Waals surface area contributed by atoms with E-state index in [0.717, 1.165) is 16.8 Å². The summed E-state index contributed by atoms with van der Waals surface area (Å²) in [5, 5.41) is 16.9. The number of anilines is 2. The van der Waals surface area contributed by atoms with E-state index in [1.807, 2.05) is 0 Å². The zero-order valence-electron chi connectivity index (χ0n) is 16.9. The third-order valence-electron chi connectivity index (χ3n) is 4.76. The van der Waals surface area contributed by atoms with Crippen LogP contribution >= 0.6 is 11.6 Å². The number of fused-ring (bicyclic) bond motifs is 1. The molecule has 0 unspecified atom stereocenters. The Morgan fingerprint density at radius 3 is 2.66 bits per heavy atom. The molecule has 11 heteroatoms. The van der Waals surface area contributed by atoms with Crippen LogP contribution in [-0.4, -0.2) is 30.8 Å². The first kappa shape index (κ1) is 21.6. The van der Waals surface area contributed by atoms with Gasteiger partial charge in [-0.25, -0.2) is 23.4 Å². The number of nitrogens with one attached hydrogen (secondary N) is 1. The van der Waals surface area contributed by atoms with Gasteiger partial charge in [-0.05, 0) is 31.5 Å². The van der Waals surface area contributed by atoms with Crippen LogP contribution in [0.15, 0.2) is 36.4 Å². The van der Waals surface area contributed by atoms with Gasteiger partial charge in [-0.3, -0.25) is 4.79 Å². The molecule has 0 aliphatic carbocycles. The van der Waals surface area contributed by atoms with E-state index < -0.39 is 29.3 Å². The van der Waals surface area contributed by atoms with E-state index in [9.17, 15) is 18.7 Å². The number of nitrogen functional groups attached to an aromatic ring is 1. The fraction of sp³-hybridized carbons (Fsp3) is 0.143. The van der Waals surface area contributed by atoms with Crippen LogP contribution in [0.1, 0.15) is 23.2 Å². The molecule has 0 radical (unpaired) electrons. The van der Waals surface area contributed by atoms with E-state index in [2.05, 4.69) is 20.4 Å². The molecule has 0 saturated heterocycles. The van der Waals surface area contributed by atoms with Crippen LogP contribution in [0.25, 0.3) is 16.7 Å². The summed E-state index contributed by atoms with van der Waals surface area (Å²) in [6, 6.07) is 7.66. The molecule has 0 bridgehead atoms. The maximum absolute atomic E-state index is 15.0. The van der Waals surface area contributed by atoms with Crippen LogP contribution in [-0.2, 0) is 4.79 Å². The lowest BCUT2D eigenvalue weighted by molar-refractivity contribution is -0.124. The molecule has 8 nitrogen and oxygen atoms in total. The molecular formula is C21H17ClF2N6O2. The van der Waals surface area contributed by atoms with Crippen LogP contribution < -0.4 is 11.1 Å². The largest absolute Gasteiger partial charge is 0.382 e. The summed E-state index contributed by atoms with van der Waals surface area (Å²) in [5.74, 6) is -2.30. The molecule has 0 aliphatic rings. The number of rotatable bonds is 4. The smallest absolute Gasteiger partial charge is 0.257 e. The van der Waals surface area contributed by atoms with Crippen LogP contribution in [0.4, 0.5) is 20.3 Å². The minimum absolute atomic E-state index is 0.0648. The summed E-state index contributed by atoms with van der Waals surface area (Å²) in [5.41, 5.74) is 6.59. The predicted molar refractivity (Wildman–Crippen MR) is 116 cm³/mol. The number of nitrogens with two attached hydrogens (primary N) is 1. The molecule has 4 rings (SSSR count). The van der Waals surface area contributed by atoms with Crippen LogP contribution in [0.5, 0.6) is 0 Å². The lowest BCUT2D eigenvalue weighted by atomic mass is 10.1. The third-order valence-corrected chi connectivity index (χ3v) is 5.00. The topological polar surface area (TPSA) is 119 Å². The van der Waals surface area contributed by atoms with Gasteiger partial charge >= 0.3 is 0 Å². The SMILES string of the molecule is Cc1nc(N)c2c(n1)c(C)nn2-c1cc(F)c(NC(=O)[C@H](O)c2cccc(Cl)c2)cc1F. The van der Waals surface area contributed by atoms with Crippen LogP contribution in [0, 0.1) is 25.5 Å². The summed E-state index contributed by atoms with van der Waals surface area (Å²) in [7, 11) is 0. The van der Waals surface area contributed by atoms with Gasteiger partial charge in [0.25, 0.3) is 5.91 Å². The summed E-state index contributed by atoms with van der Waals surface area (Å²) < 4.78 is 30.9. The van der Waals surface area contributed by atoms with Gasteiger partial charge in [0, 0.05) is 17.2 Å². The van der Waals surface area contributed by atoms with Crippen molar-refractivity contribution in [3.8, 4) is 5.69 Å². The first-order valence-corrected chi connectivity index (χ1v) is 9.76. The van der Waals surface area contributed by atoms with Gasteiger partial charge in [-0.1, -0.05) is 23.7 Å². The monoisotopic (exact) mass is 458 g/mol. The van der Waals surface area contributed by atoms with Crippen molar-refractivity contribution in [3.05, 3.63) is 70.1 Å². The van der Waals surface area contributed by atoms with Crippen molar-refractivity contribution in [3.63, 3.8) is 0 Å². The Hall–Kier alpha value is -3.63. The highest BCUT2D eigenvalue weighted by Gasteiger charge is 2.22. The van der Waals surface area contributed by atoms with Gasteiger partial charge in [-0.2, -0.15) is 5.10 Å². The molecule has 4 aromatic rings. The molecule has 1 amide bonds. The number of aromatic nitrogens is 4. The summed E-state index contributed by atoms with van der Waals surface area (Å²) in [6.45, 7) is 3.31. The van der Waals surface area contributed by atoms with Gasteiger partial charge in [0.05, 0.1) is 11.4 Å². The Balaban J connectivity index is 1.69. The van der Waals surface area contributed by atoms with E-state index in [-0.39, 0.29) is 22.6 Å². The second kappa shape index (κ2) is 8.13. The number of aliphatic hydroxyl groups excluding tert-OH is 1. The molecule has 1 atom stereocenters. The second-order valence-corrected chi connectivity index (χ2v) is 7.52. The first-order valence-electron chi connectivity index (χ1n) is 9.39. The lowest BCUT2D eigenvalue weighted by Gasteiger charge is -2.14. The number of halogens is 3. The van der Waals surface area contributed by atoms with Crippen molar-refractivity contribution in [1.82, 2.24) is 19.7 Å². The number of amides is 1. The van der Waals surface area contributed by atoms with Crippen molar-refractivity contribution in [2.75, 3.05) is 11.1 Å². The van der Waals surface area contributed by atoms with Crippen molar-refractivity contribution < 1.29 is 18.7 Å². The Bertz CT molecular complexity index is 1370. The minimum Gasteiger partial charge on any atom is -0.382 e. The lowest BCUT2D eigenvalue weighted by Crippen LogP contribution is -2.21. The number of hydrogen-bond acceptors (Lipinski definition) is 6. The fourth-order valence-electron chi connectivity index (χ4n) is 3.29. The number of nitrogens with zero attached hydrogens (tertiary/aromatic N) is 4. The van der Waals surface area contributed by atoms with Crippen molar-refractivity contribution in [2.45, 2.75) is 20.0 Å².